The van der Waals surface area contributed by atoms with Crippen molar-refractivity contribution in [2.75, 3.05) is 32.7 Å². The summed E-state index contributed by atoms with van der Waals surface area (Å²) in [4.78, 5) is 20.6. The fourth-order valence-electron chi connectivity index (χ4n) is 2.10. The van der Waals surface area contributed by atoms with Gasteiger partial charge in [-0.2, -0.15) is 0 Å². The first-order valence-electron chi connectivity index (χ1n) is 7.70. The average molecular weight is 330 g/mol. The molecule has 2 rings (SSSR count). The number of aromatic nitrogens is 2. The van der Waals surface area contributed by atoms with E-state index >= 15 is 0 Å². The molecule has 1 heterocycles. The summed E-state index contributed by atoms with van der Waals surface area (Å²) < 4.78 is 10.2. The van der Waals surface area contributed by atoms with Gasteiger partial charge >= 0.3 is 0 Å². The Morgan fingerprint density at radius 1 is 1.21 bits per heavy atom. The second kappa shape index (κ2) is 9.46. The molecule has 0 saturated heterocycles. The van der Waals surface area contributed by atoms with E-state index in [-0.39, 0.29) is 5.91 Å². The van der Waals surface area contributed by atoms with Gasteiger partial charge in [-0.1, -0.05) is 18.2 Å². The number of rotatable bonds is 9. The molecule has 24 heavy (non-hydrogen) atoms. The molecule has 7 heteroatoms. The first-order valence-corrected chi connectivity index (χ1v) is 7.70. The highest BCUT2D eigenvalue weighted by atomic mass is 16.5. The number of methoxy groups -OCH3 is 2. The highest BCUT2D eigenvalue weighted by molar-refractivity contribution is 5.92. The summed E-state index contributed by atoms with van der Waals surface area (Å²) in [5, 5.41) is 5.90. The largest absolute Gasteiger partial charge is 0.496 e. The highest BCUT2D eigenvalue weighted by Gasteiger charge is 2.10. The molecule has 0 aliphatic heterocycles. The number of nitrogens with one attached hydrogen (secondary N) is 2. The Bertz CT molecular complexity index is 664. The number of ether oxygens (including phenoxy) is 2. The molecule has 1 amide bonds. The quantitative estimate of drug-likeness (QED) is 0.683. The van der Waals surface area contributed by atoms with Crippen molar-refractivity contribution in [3.63, 3.8) is 0 Å². The molecule has 1 aromatic heterocycles. The fourth-order valence-corrected chi connectivity index (χ4v) is 2.10. The molecule has 2 N–H and O–H groups in total. The van der Waals surface area contributed by atoms with Crippen LogP contribution in [0.5, 0.6) is 5.75 Å². The van der Waals surface area contributed by atoms with Gasteiger partial charge in [0.25, 0.3) is 5.91 Å². The van der Waals surface area contributed by atoms with Gasteiger partial charge in [-0.15, -0.1) is 0 Å². The lowest BCUT2D eigenvalue weighted by atomic mass is 10.2. The van der Waals surface area contributed by atoms with Gasteiger partial charge in [0.05, 0.1) is 7.11 Å². The molecular formula is C17H22N4O3. The lowest BCUT2D eigenvalue weighted by molar-refractivity contribution is 0.0945. The normalized spacial score (nSPS) is 10.2. The van der Waals surface area contributed by atoms with E-state index < -0.39 is 0 Å². The van der Waals surface area contributed by atoms with Crippen LogP contribution in [0.1, 0.15) is 22.5 Å². The van der Waals surface area contributed by atoms with Crippen LogP contribution < -0.4 is 15.4 Å². The highest BCUT2D eigenvalue weighted by Crippen LogP contribution is 2.16. The van der Waals surface area contributed by atoms with Crippen LogP contribution in [0, 0.1) is 0 Å². The van der Waals surface area contributed by atoms with Crippen LogP contribution >= 0.6 is 0 Å². The third-order valence-corrected chi connectivity index (χ3v) is 3.33. The molecule has 0 saturated carbocycles. The maximum absolute atomic E-state index is 12.3. The molecular weight excluding hydrogens is 308 g/mol. The van der Waals surface area contributed by atoms with Gasteiger partial charge in [0.2, 0.25) is 5.95 Å². The minimum absolute atomic E-state index is 0.261. The molecule has 2 aromatic rings. The summed E-state index contributed by atoms with van der Waals surface area (Å²) in [6.07, 6.45) is 2.40. The molecule has 0 aliphatic rings. The zero-order valence-corrected chi connectivity index (χ0v) is 13.9. The first kappa shape index (κ1) is 17.7. The van der Waals surface area contributed by atoms with Crippen LogP contribution in [0.15, 0.2) is 36.5 Å². The van der Waals surface area contributed by atoms with E-state index in [1.54, 1.807) is 26.5 Å². The molecule has 0 aliphatic carbocycles. The molecule has 0 unspecified atom stereocenters. The molecule has 0 spiro atoms. The zero-order valence-electron chi connectivity index (χ0n) is 13.9. The smallest absolute Gasteiger partial charge is 0.270 e. The van der Waals surface area contributed by atoms with E-state index in [0.717, 1.165) is 17.7 Å². The van der Waals surface area contributed by atoms with Gasteiger partial charge in [-0.3, -0.25) is 4.79 Å². The van der Waals surface area contributed by atoms with E-state index in [2.05, 4.69) is 20.6 Å². The zero-order chi connectivity index (χ0) is 17.2. The summed E-state index contributed by atoms with van der Waals surface area (Å²) in [7, 11) is 3.26. The van der Waals surface area contributed by atoms with Crippen molar-refractivity contribution in [2.45, 2.75) is 13.0 Å². The Hall–Kier alpha value is -2.67. The third kappa shape index (κ3) is 5.20. The van der Waals surface area contributed by atoms with Gasteiger partial charge in [0.1, 0.15) is 11.4 Å². The number of carbonyl (C=O) groups excluding carboxylic acids is 1. The average Bonchev–Trinajstić information content (AvgIpc) is 2.63. The summed E-state index contributed by atoms with van der Waals surface area (Å²) in [5.41, 5.74) is 1.22. The number of amides is 1. The molecule has 0 fully saturated rings. The van der Waals surface area contributed by atoms with Gasteiger partial charge in [-0.05, 0) is 18.6 Å². The third-order valence-electron chi connectivity index (χ3n) is 3.33. The first-order chi connectivity index (χ1) is 11.7. The predicted octanol–water partition coefficient (Wildman–Crippen LogP) is 1.86. The molecule has 0 atom stereocenters. The Morgan fingerprint density at radius 2 is 2.04 bits per heavy atom. The van der Waals surface area contributed by atoms with Crippen LogP contribution in [0.2, 0.25) is 0 Å². The summed E-state index contributed by atoms with van der Waals surface area (Å²) in [5.74, 6) is 0.903. The van der Waals surface area contributed by atoms with Crippen molar-refractivity contribution in [1.29, 1.82) is 0 Å². The number of anilines is 1. The van der Waals surface area contributed by atoms with Gasteiger partial charge in [0, 0.05) is 38.6 Å². The number of benzene rings is 1. The van der Waals surface area contributed by atoms with Gasteiger partial charge < -0.3 is 20.1 Å². The van der Waals surface area contributed by atoms with Crippen molar-refractivity contribution in [1.82, 2.24) is 15.3 Å². The predicted molar refractivity (Wildman–Crippen MR) is 91.2 cm³/mol. The van der Waals surface area contributed by atoms with Crippen molar-refractivity contribution in [2.24, 2.45) is 0 Å². The van der Waals surface area contributed by atoms with Crippen LogP contribution in [0.4, 0.5) is 5.95 Å². The van der Waals surface area contributed by atoms with E-state index in [0.29, 0.717) is 31.3 Å². The van der Waals surface area contributed by atoms with Crippen molar-refractivity contribution in [3.8, 4) is 5.75 Å². The number of para-hydroxylation sites is 1. The molecule has 128 valence electrons. The number of nitrogens with zero attached hydrogens (tertiary/aromatic N) is 2. The van der Waals surface area contributed by atoms with E-state index in [4.69, 9.17) is 9.47 Å². The van der Waals surface area contributed by atoms with E-state index in [1.165, 1.54) is 0 Å². The van der Waals surface area contributed by atoms with Crippen LogP contribution in [0.3, 0.4) is 0 Å². The van der Waals surface area contributed by atoms with Gasteiger partial charge in [0.15, 0.2) is 0 Å². The number of carbonyl (C=O) groups is 1. The number of hydrogen-bond acceptors (Lipinski definition) is 6. The van der Waals surface area contributed by atoms with Gasteiger partial charge in [-0.25, -0.2) is 9.97 Å². The van der Waals surface area contributed by atoms with Crippen molar-refractivity contribution >= 4 is 11.9 Å². The maximum Gasteiger partial charge on any atom is 0.270 e. The minimum Gasteiger partial charge on any atom is -0.496 e. The van der Waals surface area contributed by atoms with Crippen molar-refractivity contribution in [3.05, 3.63) is 47.8 Å². The van der Waals surface area contributed by atoms with Crippen LogP contribution in [-0.2, 0) is 11.3 Å². The lowest BCUT2D eigenvalue weighted by Crippen LogP contribution is -2.24. The second-order valence-electron chi connectivity index (χ2n) is 5.03. The summed E-state index contributed by atoms with van der Waals surface area (Å²) in [6, 6.07) is 9.13. The maximum atomic E-state index is 12.3. The molecule has 1 aromatic carbocycles. The fraction of sp³-hybridized carbons (Fsp3) is 0.353. The standard InChI is InChI=1S/C17H22N4O3/c1-23-11-5-9-18-17-19-10-8-14(21-17)16(22)20-12-13-6-3-4-7-15(13)24-2/h3-4,6-8,10H,5,9,11-12H2,1-2H3,(H,20,22)(H,18,19,21). The Balaban J connectivity index is 1.92. The Kier molecular flexibility index (Phi) is 6.97. The monoisotopic (exact) mass is 330 g/mol. The van der Waals surface area contributed by atoms with Crippen LogP contribution in [-0.4, -0.2) is 43.2 Å². The van der Waals surface area contributed by atoms with Crippen molar-refractivity contribution < 1.29 is 14.3 Å². The molecule has 0 radical (unpaired) electrons. The van der Waals surface area contributed by atoms with Crippen LogP contribution in [0.25, 0.3) is 0 Å². The van der Waals surface area contributed by atoms with E-state index in [9.17, 15) is 4.79 Å². The number of hydrogen-bond donors (Lipinski definition) is 2. The topological polar surface area (TPSA) is 85.4 Å². The Labute approximate surface area is 141 Å². The second-order valence-corrected chi connectivity index (χ2v) is 5.03. The summed E-state index contributed by atoms with van der Waals surface area (Å²) in [6.45, 7) is 1.70. The minimum atomic E-state index is -0.261. The SMILES string of the molecule is COCCCNc1nccc(C(=O)NCc2ccccc2OC)n1. The lowest BCUT2D eigenvalue weighted by Gasteiger charge is -2.10. The van der Waals surface area contributed by atoms with E-state index in [1.807, 2.05) is 24.3 Å². The molecule has 0 bridgehead atoms. The molecule has 7 nitrogen and oxygen atoms in total. The summed E-state index contributed by atoms with van der Waals surface area (Å²) >= 11 is 0. The Morgan fingerprint density at radius 3 is 2.83 bits per heavy atom.